The van der Waals surface area contributed by atoms with Gasteiger partial charge in [-0.2, -0.15) is 0 Å². The van der Waals surface area contributed by atoms with Crippen molar-refractivity contribution in [3.05, 3.63) is 34.9 Å². The minimum absolute atomic E-state index is 0.173. The highest BCUT2D eigenvalue weighted by atomic mass is 16.1. The SMILES string of the molecule is Cc1cc(C)cc(C2CC(=O)NC2C)c1. The Kier molecular flexibility index (Phi) is 2.51. The maximum Gasteiger partial charge on any atom is 0.220 e. The largest absolute Gasteiger partial charge is 0.353 e. The second kappa shape index (κ2) is 3.69. The first-order chi connectivity index (χ1) is 7.06. The molecule has 0 saturated carbocycles. The molecule has 1 N–H and O–H groups in total. The zero-order valence-corrected chi connectivity index (χ0v) is 9.50. The van der Waals surface area contributed by atoms with Crippen molar-refractivity contribution in [1.29, 1.82) is 0 Å². The summed E-state index contributed by atoms with van der Waals surface area (Å²) in [4.78, 5) is 11.3. The van der Waals surface area contributed by atoms with Crippen molar-refractivity contribution in [2.75, 3.05) is 0 Å². The maximum atomic E-state index is 11.3. The molecule has 1 aliphatic rings. The van der Waals surface area contributed by atoms with Crippen molar-refractivity contribution in [3.8, 4) is 0 Å². The van der Waals surface area contributed by atoms with Gasteiger partial charge >= 0.3 is 0 Å². The van der Waals surface area contributed by atoms with Gasteiger partial charge in [0.15, 0.2) is 0 Å². The number of rotatable bonds is 1. The fourth-order valence-corrected chi connectivity index (χ4v) is 2.42. The van der Waals surface area contributed by atoms with E-state index < -0.39 is 0 Å². The number of nitrogens with one attached hydrogen (secondary N) is 1. The number of hydrogen-bond donors (Lipinski definition) is 1. The summed E-state index contributed by atoms with van der Waals surface area (Å²) in [6.45, 7) is 6.28. The zero-order chi connectivity index (χ0) is 11.0. The summed E-state index contributed by atoms with van der Waals surface area (Å²) in [6, 6.07) is 6.81. The van der Waals surface area contributed by atoms with Crippen LogP contribution in [-0.2, 0) is 4.79 Å². The lowest BCUT2D eigenvalue weighted by Gasteiger charge is -2.15. The third-order valence-corrected chi connectivity index (χ3v) is 3.07. The van der Waals surface area contributed by atoms with Gasteiger partial charge in [0.2, 0.25) is 5.91 Å². The van der Waals surface area contributed by atoms with Crippen LogP contribution in [0.1, 0.15) is 36.0 Å². The van der Waals surface area contributed by atoms with Gasteiger partial charge in [0.25, 0.3) is 0 Å². The quantitative estimate of drug-likeness (QED) is 0.745. The van der Waals surface area contributed by atoms with Gasteiger partial charge in [-0.1, -0.05) is 29.3 Å². The molecule has 1 amide bonds. The molecule has 0 aromatic heterocycles. The predicted octanol–water partition coefficient (Wildman–Crippen LogP) is 2.30. The molecule has 2 heteroatoms. The second-order valence-electron chi connectivity index (χ2n) is 4.59. The third-order valence-electron chi connectivity index (χ3n) is 3.07. The van der Waals surface area contributed by atoms with Gasteiger partial charge in [-0.3, -0.25) is 4.79 Å². The van der Waals surface area contributed by atoms with Crippen LogP contribution in [0, 0.1) is 13.8 Å². The van der Waals surface area contributed by atoms with Crippen LogP contribution in [0.5, 0.6) is 0 Å². The normalized spacial score (nSPS) is 25.4. The van der Waals surface area contributed by atoms with Gasteiger partial charge < -0.3 is 5.32 Å². The molecule has 0 spiro atoms. The van der Waals surface area contributed by atoms with Crippen LogP contribution in [0.25, 0.3) is 0 Å². The van der Waals surface area contributed by atoms with Crippen LogP contribution in [-0.4, -0.2) is 11.9 Å². The first-order valence-corrected chi connectivity index (χ1v) is 5.44. The lowest BCUT2D eigenvalue weighted by atomic mass is 9.90. The Bertz CT molecular complexity index is 377. The summed E-state index contributed by atoms with van der Waals surface area (Å²) in [5.41, 5.74) is 3.84. The van der Waals surface area contributed by atoms with E-state index in [1.54, 1.807) is 0 Å². The monoisotopic (exact) mass is 203 g/mol. The van der Waals surface area contributed by atoms with E-state index in [1.807, 2.05) is 0 Å². The predicted molar refractivity (Wildman–Crippen MR) is 60.9 cm³/mol. The van der Waals surface area contributed by atoms with Crippen molar-refractivity contribution in [2.45, 2.75) is 39.2 Å². The Hall–Kier alpha value is -1.31. The molecule has 2 rings (SSSR count). The number of hydrogen-bond acceptors (Lipinski definition) is 1. The van der Waals surface area contributed by atoms with E-state index in [4.69, 9.17) is 0 Å². The lowest BCUT2D eigenvalue weighted by molar-refractivity contribution is -0.119. The van der Waals surface area contributed by atoms with Crippen LogP contribution in [0.3, 0.4) is 0 Å². The summed E-state index contributed by atoms with van der Waals surface area (Å²) in [6.07, 6.45) is 0.629. The van der Waals surface area contributed by atoms with E-state index in [1.165, 1.54) is 16.7 Å². The highest BCUT2D eigenvalue weighted by Gasteiger charge is 2.30. The molecule has 2 nitrogen and oxygen atoms in total. The molecule has 1 heterocycles. The van der Waals surface area contributed by atoms with Crippen LogP contribution in [0.15, 0.2) is 18.2 Å². The summed E-state index contributed by atoms with van der Waals surface area (Å²) >= 11 is 0. The molecule has 2 unspecified atom stereocenters. The lowest BCUT2D eigenvalue weighted by Crippen LogP contribution is -2.24. The Balaban J connectivity index is 2.33. The van der Waals surface area contributed by atoms with Gasteiger partial charge in [-0.05, 0) is 26.3 Å². The molecule has 0 aliphatic carbocycles. The maximum absolute atomic E-state index is 11.3. The summed E-state index contributed by atoms with van der Waals surface area (Å²) < 4.78 is 0. The van der Waals surface area contributed by atoms with E-state index in [0.29, 0.717) is 12.3 Å². The number of carbonyl (C=O) groups is 1. The van der Waals surface area contributed by atoms with E-state index in [0.717, 1.165) is 0 Å². The van der Waals surface area contributed by atoms with Crippen LogP contribution < -0.4 is 5.32 Å². The molecule has 1 aliphatic heterocycles. The minimum atomic E-state index is 0.173. The molecule has 15 heavy (non-hydrogen) atoms. The number of amides is 1. The van der Waals surface area contributed by atoms with Gasteiger partial charge in [0.1, 0.15) is 0 Å². The van der Waals surface area contributed by atoms with Crippen molar-refractivity contribution in [3.63, 3.8) is 0 Å². The second-order valence-corrected chi connectivity index (χ2v) is 4.59. The van der Waals surface area contributed by atoms with Gasteiger partial charge in [-0.25, -0.2) is 0 Å². The van der Waals surface area contributed by atoms with Gasteiger partial charge in [0.05, 0.1) is 0 Å². The Morgan fingerprint density at radius 1 is 1.20 bits per heavy atom. The van der Waals surface area contributed by atoms with E-state index >= 15 is 0 Å². The highest BCUT2D eigenvalue weighted by molar-refractivity contribution is 5.80. The Labute approximate surface area is 90.7 Å². The molecule has 1 aromatic rings. The van der Waals surface area contributed by atoms with Crippen molar-refractivity contribution in [2.24, 2.45) is 0 Å². The number of carbonyl (C=O) groups excluding carboxylic acids is 1. The number of aryl methyl sites for hydroxylation is 2. The van der Waals surface area contributed by atoms with E-state index in [-0.39, 0.29) is 11.9 Å². The molecule has 80 valence electrons. The first kappa shape index (κ1) is 10.2. The highest BCUT2D eigenvalue weighted by Crippen LogP contribution is 2.29. The molecule has 1 saturated heterocycles. The summed E-state index contributed by atoms with van der Waals surface area (Å²) in [7, 11) is 0. The van der Waals surface area contributed by atoms with Gasteiger partial charge in [0, 0.05) is 18.4 Å². The van der Waals surface area contributed by atoms with Crippen molar-refractivity contribution < 1.29 is 4.79 Å². The number of benzene rings is 1. The molecule has 1 aromatic carbocycles. The molecule has 2 atom stereocenters. The Morgan fingerprint density at radius 2 is 1.80 bits per heavy atom. The topological polar surface area (TPSA) is 29.1 Å². The van der Waals surface area contributed by atoms with E-state index in [9.17, 15) is 4.79 Å². The molecule has 0 bridgehead atoms. The van der Waals surface area contributed by atoms with Gasteiger partial charge in [-0.15, -0.1) is 0 Å². The third kappa shape index (κ3) is 2.04. The van der Waals surface area contributed by atoms with Crippen LogP contribution in [0.4, 0.5) is 0 Å². The molecular formula is C13H17NO. The zero-order valence-electron chi connectivity index (χ0n) is 9.50. The average molecular weight is 203 g/mol. The fraction of sp³-hybridized carbons (Fsp3) is 0.462. The van der Waals surface area contributed by atoms with Crippen LogP contribution >= 0.6 is 0 Å². The standard InChI is InChI=1S/C13H17NO/c1-8-4-9(2)6-11(5-8)12-7-13(15)14-10(12)3/h4-6,10,12H,7H2,1-3H3,(H,14,15). The summed E-state index contributed by atoms with van der Waals surface area (Å²) in [5.74, 6) is 0.516. The molecule has 1 fully saturated rings. The Morgan fingerprint density at radius 3 is 2.27 bits per heavy atom. The fourth-order valence-electron chi connectivity index (χ4n) is 2.42. The van der Waals surface area contributed by atoms with Crippen LogP contribution in [0.2, 0.25) is 0 Å². The molecular weight excluding hydrogens is 186 g/mol. The van der Waals surface area contributed by atoms with Crippen molar-refractivity contribution >= 4 is 5.91 Å². The van der Waals surface area contributed by atoms with E-state index in [2.05, 4.69) is 44.3 Å². The first-order valence-electron chi connectivity index (χ1n) is 5.44. The average Bonchev–Trinajstić information content (AvgIpc) is 2.43. The summed E-state index contributed by atoms with van der Waals surface area (Å²) in [5, 5.41) is 2.97. The molecule has 0 radical (unpaired) electrons. The smallest absolute Gasteiger partial charge is 0.220 e. The minimum Gasteiger partial charge on any atom is -0.353 e. The van der Waals surface area contributed by atoms with Crippen molar-refractivity contribution in [1.82, 2.24) is 5.32 Å².